The van der Waals surface area contributed by atoms with Crippen LogP contribution in [-0.4, -0.2) is 14.4 Å². The summed E-state index contributed by atoms with van der Waals surface area (Å²) in [5.41, 5.74) is 0.851. The van der Waals surface area contributed by atoms with Crippen molar-refractivity contribution in [3.8, 4) is 5.75 Å². The second-order valence-electron chi connectivity index (χ2n) is 3.81. The molecule has 2 heterocycles. The van der Waals surface area contributed by atoms with Gasteiger partial charge < -0.3 is 4.74 Å². The van der Waals surface area contributed by atoms with Crippen molar-refractivity contribution in [1.29, 1.82) is 0 Å². The highest BCUT2D eigenvalue weighted by Gasteiger charge is 2.03. The number of imidazole rings is 1. The summed E-state index contributed by atoms with van der Waals surface area (Å²) in [5.74, 6) is 1.51. The first-order valence-electron chi connectivity index (χ1n) is 5.48. The molecule has 0 radical (unpaired) electrons. The summed E-state index contributed by atoms with van der Waals surface area (Å²) in [6.07, 6.45) is 5.56. The van der Waals surface area contributed by atoms with E-state index >= 15 is 0 Å². The van der Waals surface area contributed by atoms with E-state index in [1.165, 1.54) is 0 Å². The number of rotatable bonds is 3. The van der Waals surface area contributed by atoms with Gasteiger partial charge in [-0.3, -0.25) is 4.40 Å². The van der Waals surface area contributed by atoms with Crippen molar-refractivity contribution in [3.05, 3.63) is 59.1 Å². The molecule has 0 aliphatic heterocycles. The van der Waals surface area contributed by atoms with Crippen molar-refractivity contribution in [2.75, 3.05) is 0 Å². The average Bonchev–Trinajstić information content (AvgIpc) is 2.79. The van der Waals surface area contributed by atoms with Gasteiger partial charge in [-0.1, -0.05) is 18.2 Å². The summed E-state index contributed by atoms with van der Waals surface area (Å²) < 4.78 is 8.42. The number of nitrogens with zero attached hydrogens (tertiary/aromatic N) is 3. The molecule has 0 saturated heterocycles. The lowest BCUT2D eigenvalue weighted by Crippen LogP contribution is -1.94. The van der Waals surface area contributed by atoms with Crippen molar-refractivity contribution in [2.45, 2.75) is 6.61 Å². The fourth-order valence-electron chi connectivity index (χ4n) is 1.65. The molecule has 0 atom stereocenters. The van der Waals surface area contributed by atoms with Crippen LogP contribution in [0.1, 0.15) is 5.69 Å². The van der Waals surface area contributed by atoms with Gasteiger partial charge in [-0.15, -0.1) is 0 Å². The molecular formula is C13H10BrN3O. The van der Waals surface area contributed by atoms with E-state index in [1.54, 1.807) is 6.20 Å². The van der Waals surface area contributed by atoms with Crippen molar-refractivity contribution < 1.29 is 4.74 Å². The maximum Gasteiger partial charge on any atom is 0.234 e. The molecule has 5 heteroatoms. The molecule has 1 aromatic carbocycles. The highest BCUT2D eigenvalue weighted by Crippen LogP contribution is 2.13. The van der Waals surface area contributed by atoms with Crippen LogP contribution in [0.5, 0.6) is 5.75 Å². The molecule has 4 nitrogen and oxygen atoms in total. The molecule has 0 saturated carbocycles. The quantitative estimate of drug-likeness (QED) is 0.746. The van der Waals surface area contributed by atoms with E-state index in [2.05, 4.69) is 25.9 Å². The maximum absolute atomic E-state index is 5.64. The van der Waals surface area contributed by atoms with Gasteiger partial charge >= 0.3 is 0 Å². The van der Waals surface area contributed by atoms with Gasteiger partial charge in [0, 0.05) is 18.6 Å². The van der Waals surface area contributed by atoms with Crippen molar-refractivity contribution in [1.82, 2.24) is 14.4 Å². The van der Waals surface area contributed by atoms with E-state index in [4.69, 9.17) is 4.74 Å². The Morgan fingerprint density at radius 2 is 2.00 bits per heavy atom. The third-order valence-electron chi connectivity index (χ3n) is 2.46. The van der Waals surface area contributed by atoms with E-state index in [0.29, 0.717) is 12.4 Å². The van der Waals surface area contributed by atoms with Crippen molar-refractivity contribution >= 4 is 21.7 Å². The summed E-state index contributed by atoms with van der Waals surface area (Å²) in [5, 5.41) is 0. The Bertz CT molecular complexity index is 666. The lowest BCUT2D eigenvalue weighted by atomic mass is 10.3. The Morgan fingerprint density at radius 1 is 1.17 bits per heavy atom. The van der Waals surface area contributed by atoms with Crippen molar-refractivity contribution in [2.24, 2.45) is 0 Å². The van der Waals surface area contributed by atoms with Gasteiger partial charge in [-0.05, 0) is 28.1 Å². The molecule has 0 fully saturated rings. The molecule has 3 aromatic rings. The number of aromatic nitrogens is 3. The monoisotopic (exact) mass is 303 g/mol. The highest BCUT2D eigenvalue weighted by molar-refractivity contribution is 9.10. The lowest BCUT2D eigenvalue weighted by molar-refractivity contribution is 0.302. The molecule has 0 spiro atoms. The van der Waals surface area contributed by atoms with Gasteiger partial charge in [-0.2, -0.15) is 0 Å². The number of para-hydroxylation sites is 1. The van der Waals surface area contributed by atoms with Crippen molar-refractivity contribution in [3.63, 3.8) is 0 Å². The van der Waals surface area contributed by atoms with E-state index in [1.807, 2.05) is 47.1 Å². The summed E-state index contributed by atoms with van der Waals surface area (Å²) >= 11 is 3.38. The summed E-state index contributed by atoms with van der Waals surface area (Å²) in [6, 6.07) is 9.68. The zero-order valence-electron chi connectivity index (χ0n) is 9.45. The first-order valence-corrected chi connectivity index (χ1v) is 6.27. The Kier molecular flexibility index (Phi) is 2.98. The number of ether oxygens (including phenoxy) is 1. The first-order chi connectivity index (χ1) is 8.81. The molecule has 0 amide bonds. The maximum atomic E-state index is 5.64. The Hall–Kier alpha value is -1.88. The molecule has 3 rings (SSSR count). The Balaban J connectivity index is 1.79. The molecule has 0 unspecified atom stereocenters. The number of halogens is 1. The average molecular weight is 304 g/mol. The van der Waals surface area contributed by atoms with Gasteiger partial charge in [0.1, 0.15) is 12.4 Å². The minimum atomic E-state index is 0.436. The smallest absolute Gasteiger partial charge is 0.234 e. The van der Waals surface area contributed by atoms with Gasteiger partial charge in [0.05, 0.1) is 10.2 Å². The van der Waals surface area contributed by atoms with Crippen LogP contribution in [0, 0.1) is 0 Å². The second kappa shape index (κ2) is 4.78. The lowest BCUT2D eigenvalue weighted by Gasteiger charge is -2.02. The van der Waals surface area contributed by atoms with E-state index in [-0.39, 0.29) is 0 Å². The molecule has 0 aliphatic carbocycles. The minimum absolute atomic E-state index is 0.436. The fraction of sp³-hybridized carbons (Fsp3) is 0.0769. The predicted molar refractivity (Wildman–Crippen MR) is 71.5 cm³/mol. The molecule has 0 aliphatic rings. The standard InChI is InChI=1S/C13H10BrN3O/c14-10-6-15-13-16-11(8-17(13)7-10)9-18-12-4-2-1-3-5-12/h1-8H,9H2. The summed E-state index contributed by atoms with van der Waals surface area (Å²) in [4.78, 5) is 8.58. The molecule has 90 valence electrons. The van der Waals surface area contributed by atoms with Crippen LogP contribution in [0.4, 0.5) is 0 Å². The largest absolute Gasteiger partial charge is 0.487 e. The SMILES string of the molecule is Brc1cnc2nc(COc3ccccc3)cn2c1. The number of hydrogen-bond acceptors (Lipinski definition) is 3. The third-order valence-corrected chi connectivity index (χ3v) is 2.87. The summed E-state index contributed by atoms with van der Waals surface area (Å²) in [7, 11) is 0. The minimum Gasteiger partial charge on any atom is -0.487 e. The van der Waals surface area contributed by atoms with E-state index in [9.17, 15) is 0 Å². The van der Waals surface area contributed by atoms with Crippen LogP contribution in [0.3, 0.4) is 0 Å². The third kappa shape index (κ3) is 2.36. The van der Waals surface area contributed by atoms with Gasteiger partial charge in [-0.25, -0.2) is 9.97 Å². The van der Waals surface area contributed by atoms with Crippen LogP contribution in [0.25, 0.3) is 5.78 Å². The number of fused-ring (bicyclic) bond motifs is 1. The fourth-order valence-corrected chi connectivity index (χ4v) is 1.98. The highest BCUT2D eigenvalue weighted by atomic mass is 79.9. The Morgan fingerprint density at radius 3 is 2.83 bits per heavy atom. The predicted octanol–water partition coefficient (Wildman–Crippen LogP) is 3.07. The Labute approximate surface area is 112 Å². The normalized spacial score (nSPS) is 10.7. The summed E-state index contributed by atoms with van der Waals surface area (Å²) in [6.45, 7) is 0.436. The van der Waals surface area contributed by atoms with E-state index in [0.717, 1.165) is 15.9 Å². The first kappa shape index (κ1) is 11.2. The van der Waals surface area contributed by atoms with Gasteiger partial charge in [0.2, 0.25) is 5.78 Å². The zero-order chi connectivity index (χ0) is 12.4. The molecular weight excluding hydrogens is 294 g/mol. The molecule has 2 aromatic heterocycles. The van der Waals surface area contributed by atoms with Crippen LogP contribution in [0.15, 0.2) is 53.4 Å². The number of benzene rings is 1. The molecule has 0 N–H and O–H groups in total. The van der Waals surface area contributed by atoms with Gasteiger partial charge in [0.15, 0.2) is 0 Å². The van der Waals surface area contributed by atoms with Crippen LogP contribution < -0.4 is 4.74 Å². The zero-order valence-corrected chi connectivity index (χ0v) is 11.0. The second-order valence-corrected chi connectivity index (χ2v) is 4.73. The van der Waals surface area contributed by atoms with Crippen LogP contribution >= 0.6 is 15.9 Å². The molecule has 0 bridgehead atoms. The van der Waals surface area contributed by atoms with Crippen LogP contribution in [-0.2, 0) is 6.61 Å². The number of hydrogen-bond donors (Lipinski definition) is 0. The molecule has 18 heavy (non-hydrogen) atoms. The van der Waals surface area contributed by atoms with Gasteiger partial charge in [0.25, 0.3) is 0 Å². The van der Waals surface area contributed by atoms with E-state index < -0.39 is 0 Å². The topological polar surface area (TPSA) is 39.4 Å². The van der Waals surface area contributed by atoms with Crippen LogP contribution in [0.2, 0.25) is 0 Å².